The summed E-state index contributed by atoms with van der Waals surface area (Å²) in [5.74, 6) is -0.357. The topological polar surface area (TPSA) is 29.3 Å². The van der Waals surface area contributed by atoms with Crippen LogP contribution in [0.1, 0.15) is 26.3 Å². The second kappa shape index (κ2) is 5.25. The Morgan fingerprint density at radius 1 is 1.50 bits per heavy atom. The van der Waals surface area contributed by atoms with Crippen LogP contribution in [0.5, 0.6) is 0 Å². The van der Waals surface area contributed by atoms with Gasteiger partial charge in [0.1, 0.15) is 10.8 Å². The molecule has 4 heteroatoms. The molecule has 0 spiro atoms. The molecule has 0 saturated heterocycles. The standard InChI is InChI=1S/C12H17FN2S/c1-4-15(8(2)3)10-7-5-6-9(13)11(10)12(14)16/h5-8H,4H2,1-3H3,(H2,14,16). The summed E-state index contributed by atoms with van der Waals surface area (Å²) in [5, 5.41) is 0. The van der Waals surface area contributed by atoms with Crippen LogP contribution < -0.4 is 10.6 Å². The highest BCUT2D eigenvalue weighted by molar-refractivity contribution is 7.80. The minimum Gasteiger partial charge on any atom is -0.389 e. The molecule has 0 aromatic heterocycles. The summed E-state index contributed by atoms with van der Waals surface area (Å²) in [7, 11) is 0. The number of hydrogen-bond donors (Lipinski definition) is 1. The third kappa shape index (κ3) is 2.50. The van der Waals surface area contributed by atoms with E-state index in [1.165, 1.54) is 6.07 Å². The van der Waals surface area contributed by atoms with Crippen LogP contribution in [0.25, 0.3) is 0 Å². The lowest BCUT2D eigenvalue weighted by atomic mass is 10.1. The summed E-state index contributed by atoms with van der Waals surface area (Å²) in [5.41, 5.74) is 6.68. The van der Waals surface area contributed by atoms with Gasteiger partial charge >= 0.3 is 0 Å². The van der Waals surface area contributed by atoms with Crippen molar-refractivity contribution in [1.82, 2.24) is 0 Å². The average Bonchev–Trinajstić information content (AvgIpc) is 2.17. The lowest BCUT2D eigenvalue weighted by molar-refractivity contribution is 0.621. The molecule has 0 unspecified atom stereocenters. The Hall–Kier alpha value is -1.16. The molecular weight excluding hydrogens is 223 g/mol. The van der Waals surface area contributed by atoms with Crippen LogP contribution in [-0.2, 0) is 0 Å². The summed E-state index contributed by atoms with van der Waals surface area (Å²) in [6.07, 6.45) is 0. The van der Waals surface area contributed by atoms with Crippen molar-refractivity contribution in [3.63, 3.8) is 0 Å². The van der Waals surface area contributed by atoms with Gasteiger partial charge < -0.3 is 10.6 Å². The third-order valence-corrected chi connectivity index (χ3v) is 2.72. The highest BCUT2D eigenvalue weighted by Crippen LogP contribution is 2.24. The van der Waals surface area contributed by atoms with Gasteiger partial charge in [-0.15, -0.1) is 0 Å². The van der Waals surface area contributed by atoms with Crippen LogP contribution in [0.3, 0.4) is 0 Å². The van der Waals surface area contributed by atoms with Crippen molar-refractivity contribution >= 4 is 22.9 Å². The number of benzene rings is 1. The van der Waals surface area contributed by atoms with Gasteiger partial charge in [-0.05, 0) is 32.9 Å². The maximum absolute atomic E-state index is 13.7. The molecule has 0 atom stereocenters. The molecule has 0 heterocycles. The molecule has 0 bridgehead atoms. The van der Waals surface area contributed by atoms with Gasteiger partial charge in [-0.2, -0.15) is 0 Å². The fourth-order valence-electron chi connectivity index (χ4n) is 1.81. The van der Waals surface area contributed by atoms with Crippen molar-refractivity contribution in [2.75, 3.05) is 11.4 Å². The Bertz CT molecular complexity index is 391. The van der Waals surface area contributed by atoms with E-state index >= 15 is 0 Å². The molecule has 88 valence electrons. The quantitative estimate of drug-likeness (QED) is 0.820. The van der Waals surface area contributed by atoms with Gasteiger partial charge in [0.25, 0.3) is 0 Å². The van der Waals surface area contributed by atoms with E-state index in [1.807, 2.05) is 13.0 Å². The molecule has 16 heavy (non-hydrogen) atoms. The zero-order valence-electron chi connectivity index (χ0n) is 9.83. The average molecular weight is 240 g/mol. The van der Waals surface area contributed by atoms with Gasteiger partial charge in [-0.3, -0.25) is 0 Å². The number of halogens is 1. The maximum atomic E-state index is 13.7. The van der Waals surface area contributed by atoms with Crippen LogP contribution in [0.15, 0.2) is 18.2 Å². The van der Waals surface area contributed by atoms with Crippen molar-refractivity contribution in [2.45, 2.75) is 26.8 Å². The molecule has 0 saturated carbocycles. The lowest BCUT2D eigenvalue weighted by Gasteiger charge is -2.29. The van der Waals surface area contributed by atoms with E-state index in [-0.39, 0.29) is 16.8 Å². The Morgan fingerprint density at radius 3 is 2.56 bits per heavy atom. The first-order valence-corrected chi connectivity index (χ1v) is 5.74. The highest BCUT2D eigenvalue weighted by atomic mass is 32.1. The Kier molecular flexibility index (Phi) is 4.24. The predicted molar refractivity (Wildman–Crippen MR) is 70.4 cm³/mol. The van der Waals surface area contributed by atoms with E-state index in [4.69, 9.17) is 18.0 Å². The van der Waals surface area contributed by atoms with Crippen LogP contribution >= 0.6 is 12.2 Å². The molecule has 0 aliphatic heterocycles. The molecule has 0 aliphatic carbocycles. The van der Waals surface area contributed by atoms with Gasteiger partial charge in [0.05, 0.1) is 11.3 Å². The lowest BCUT2D eigenvalue weighted by Crippen LogP contribution is -2.32. The van der Waals surface area contributed by atoms with Crippen molar-refractivity contribution < 1.29 is 4.39 Å². The summed E-state index contributed by atoms with van der Waals surface area (Å²) in [6.45, 7) is 6.92. The monoisotopic (exact) mass is 240 g/mol. The number of hydrogen-bond acceptors (Lipinski definition) is 2. The van der Waals surface area contributed by atoms with Crippen molar-refractivity contribution in [3.05, 3.63) is 29.6 Å². The summed E-state index contributed by atoms with van der Waals surface area (Å²) >= 11 is 4.90. The first-order valence-electron chi connectivity index (χ1n) is 5.34. The highest BCUT2D eigenvalue weighted by Gasteiger charge is 2.17. The maximum Gasteiger partial charge on any atom is 0.135 e. The van der Waals surface area contributed by atoms with E-state index in [1.54, 1.807) is 6.07 Å². The van der Waals surface area contributed by atoms with E-state index in [2.05, 4.69) is 18.7 Å². The number of rotatable bonds is 4. The van der Waals surface area contributed by atoms with E-state index in [0.717, 1.165) is 12.2 Å². The minimum atomic E-state index is -0.357. The molecule has 0 amide bonds. The number of nitrogens with zero attached hydrogens (tertiary/aromatic N) is 1. The van der Waals surface area contributed by atoms with Crippen LogP contribution in [0.2, 0.25) is 0 Å². The number of anilines is 1. The summed E-state index contributed by atoms with van der Waals surface area (Å²) < 4.78 is 13.7. The number of nitrogens with two attached hydrogens (primary N) is 1. The van der Waals surface area contributed by atoms with E-state index in [0.29, 0.717) is 5.56 Å². The van der Waals surface area contributed by atoms with Gasteiger partial charge in [-0.25, -0.2) is 4.39 Å². The summed E-state index contributed by atoms with van der Waals surface area (Å²) in [4.78, 5) is 2.17. The third-order valence-electron chi connectivity index (χ3n) is 2.51. The molecular formula is C12H17FN2S. The molecule has 1 aromatic rings. The molecule has 0 aliphatic rings. The first-order chi connectivity index (χ1) is 7.49. The summed E-state index contributed by atoms with van der Waals surface area (Å²) in [6, 6.07) is 5.19. The Labute approximate surface area is 101 Å². The first kappa shape index (κ1) is 12.9. The molecule has 2 N–H and O–H groups in total. The predicted octanol–water partition coefficient (Wildman–Crippen LogP) is 2.69. The van der Waals surface area contributed by atoms with Crippen molar-refractivity contribution in [1.29, 1.82) is 0 Å². The van der Waals surface area contributed by atoms with Crippen LogP contribution in [-0.4, -0.2) is 17.6 Å². The fraction of sp³-hybridized carbons (Fsp3) is 0.417. The van der Waals surface area contributed by atoms with Crippen LogP contribution in [0.4, 0.5) is 10.1 Å². The van der Waals surface area contributed by atoms with Crippen molar-refractivity contribution in [2.24, 2.45) is 5.73 Å². The van der Waals surface area contributed by atoms with Gasteiger partial charge in [0, 0.05) is 12.6 Å². The largest absolute Gasteiger partial charge is 0.389 e. The Morgan fingerprint density at radius 2 is 2.12 bits per heavy atom. The molecule has 1 rings (SSSR count). The zero-order valence-corrected chi connectivity index (χ0v) is 10.6. The fourth-order valence-corrected chi connectivity index (χ4v) is 2.01. The second-order valence-electron chi connectivity index (χ2n) is 3.88. The van der Waals surface area contributed by atoms with Gasteiger partial charge in [0.15, 0.2) is 0 Å². The van der Waals surface area contributed by atoms with E-state index in [9.17, 15) is 4.39 Å². The molecule has 1 aromatic carbocycles. The minimum absolute atomic E-state index is 0.104. The van der Waals surface area contributed by atoms with Crippen molar-refractivity contribution in [3.8, 4) is 0 Å². The van der Waals surface area contributed by atoms with Gasteiger partial charge in [0.2, 0.25) is 0 Å². The van der Waals surface area contributed by atoms with Gasteiger partial charge in [-0.1, -0.05) is 18.3 Å². The molecule has 2 nitrogen and oxygen atoms in total. The number of thiocarbonyl (C=S) groups is 1. The zero-order chi connectivity index (χ0) is 12.3. The van der Waals surface area contributed by atoms with Crippen LogP contribution in [0, 0.1) is 5.82 Å². The van der Waals surface area contributed by atoms with E-state index < -0.39 is 0 Å². The normalized spacial score (nSPS) is 10.6. The molecule has 0 radical (unpaired) electrons. The Balaban J connectivity index is 3.31. The molecule has 0 fully saturated rings. The second-order valence-corrected chi connectivity index (χ2v) is 4.32. The SMILES string of the molecule is CCN(c1cccc(F)c1C(N)=S)C(C)C. The smallest absolute Gasteiger partial charge is 0.135 e.